The van der Waals surface area contributed by atoms with E-state index < -0.39 is 15.4 Å². The SMILES string of the molecule is CC(C)[Si](C(C)C)(C(C)C)n1cc(Br)c(B(O)O)c1. The third kappa shape index (κ3) is 2.87. The molecule has 0 bridgehead atoms. The average molecular weight is 346 g/mol. The maximum atomic E-state index is 9.43. The molecule has 0 amide bonds. The number of nitrogens with zero attached hydrogens (tertiary/aromatic N) is 1. The van der Waals surface area contributed by atoms with Crippen LogP contribution in [0.3, 0.4) is 0 Å². The molecule has 0 aliphatic carbocycles. The summed E-state index contributed by atoms with van der Waals surface area (Å²) in [4.78, 5) is 0. The van der Waals surface area contributed by atoms with Crippen LogP contribution in [0.2, 0.25) is 16.6 Å². The van der Waals surface area contributed by atoms with Crippen LogP contribution < -0.4 is 5.46 Å². The Labute approximate surface area is 126 Å². The molecule has 0 aliphatic heterocycles. The van der Waals surface area contributed by atoms with Crippen molar-refractivity contribution in [1.29, 1.82) is 0 Å². The van der Waals surface area contributed by atoms with Gasteiger partial charge in [0.2, 0.25) is 0 Å². The van der Waals surface area contributed by atoms with E-state index in [1.165, 1.54) is 0 Å². The van der Waals surface area contributed by atoms with Crippen LogP contribution in [0.1, 0.15) is 41.5 Å². The predicted molar refractivity (Wildman–Crippen MR) is 88.4 cm³/mol. The Morgan fingerprint density at radius 3 is 1.68 bits per heavy atom. The minimum Gasteiger partial charge on any atom is -0.423 e. The molecule has 1 heterocycles. The largest absolute Gasteiger partial charge is 0.491 e. The first-order chi connectivity index (χ1) is 8.65. The quantitative estimate of drug-likeness (QED) is 0.806. The summed E-state index contributed by atoms with van der Waals surface area (Å²) in [5.41, 5.74) is 2.29. The van der Waals surface area contributed by atoms with Crippen molar-refractivity contribution >= 4 is 36.7 Å². The molecule has 0 saturated heterocycles. The number of hydrogen-bond donors (Lipinski definition) is 2. The molecule has 0 aromatic carbocycles. The second-order valence-electron chi connectivity index (χ2n) is 6.19. The molecule has 6 heteroatoms. The van der Waals surface area contributed by atoms with E-state index in [1.54, 1.807) is 0 Å². The Balaban J connectivity index is 3.45. The smallest absolute Gasteiger partial charge is 0.423 e. The van der Waals surface area contributed by atoms with Gasteiger partial charge < -0.3 is 14.3 Å². The zero-order valence-electron chi connectivity index (χ0n) is 12.7. The molecule has 19 heavy (non-hydrogen) atoms. The van der Waals surface area contributed by atoms with Gasteiger partial charge in [0.1, 0.15) is 0 Å². The van der Waals surface area contributed by atoms with Crippen LogP contribution in [0.4, 0.5) is 0 Å². The van der Waals surface area contributed by atoms with E-state index in [0.717, 1.165) is 4.47 Å². The molecule has 1 rings (SSSR count). The van der Waals surface area contributed by atoms with Crippen molar-refractivity contribution in [2.45, 2.75) is 58.2 Å². The highest BCUT2D eigenvalue weighted by Crippen LogP contribution is 2.42. The average Bonchev–Trinajstić information content (AvgIpc) is 2.59. The van der Waals surface area contributed by atoms with Crippen molar-refractivity contribution < 1.29 is 10.0 Å². The highest BCUT2D eigenvalue weighted by Gasteiger charge is 2.45. The van der Waals surface area contributed by atoms with Crippen LogP contribution in [0.25, 0.3) is 0 Å². The molecule has 0 radical (unpaired) electrons. The third-order valence-corrected chi connectivity index (χ3v) is 11.7. The summed E-state index contributed by atoms with van der Waals surface area (Å²) in [5, 5.41) is 18.9. The van der Waals surface area contributed by atoms with Gasteiger partial charge >= 0.3 is 7.12 Å². The lowest BCUT2D eigenvalue weighted by atomic mass is 9.83. The summed E-state index contributed by atoms with van der Waals surface area (Å²) in [6.45, 7) is 13.7. The summed E-state index contributed by atoms with van der Waals surface area (Å²) >= 11 is 3.44. The normalized spacial score (nSPS) is 12.8. The highest BCUT2D eigenvalue weighted by molar-refractivity contribution is 9.10. The Morgan fingerprint density at radius 2 is 1.42 bits per heavy atom. The van der Waals surface area contributed by atoms with E-state index in [9.17, 15) is 10.0 Å². The van der Waals surface area contributed by atoms with Crippen molar-refractivity contribution in [2.75, 3.05) is 0 Å². The Morgan fingerprint density at radius 1 is 1.00 bits per heavy atom. The predicted octanol–water partition coefficient (Wildman–Crippen LogP) is 2.95. The summed E-state index contributed by atoms with van der Waals surface area (Å²) in [6, 6.07) is 0. The zero-order chi connectivity index (χ0) is 15.0. The van der Waals surface area contributed by atoms with Gasteiger partial charge in [0.15, 0.2) is 8.24 Å². The Bertz CT molecular complexity index is 411. The minimum absolute atomic E-state index is 0.554. The van der Waals surface area contributed by atoms with Gasteiger partial charge in [-0.05, 0) is 38.8 Å². The molecule has 1 aromatic heterocycles. The van der Waals surface area contributed by atoms with Gasteiger partial charge in [-0.3, -0.25) is 0 Å². The van der Waals surface area contributed by atoms with Crippen molar-refractivity contribution in [2.24, 2.45) is 0 Å². The second-order valence-corrected chi connectivity index (χ2v) is 12.8. The van der Waals surface area contributed by atoms with Gasteiger partial charge in [-0.2, -0.15) is 0 Å². The van der Waals surface area contributed by atoms with E-state index in [4.69, 9.17) is 0 Å². The van der Waals surface area contributed by atoms with Gasteiger partial charge in [0, 0.05) is 16.1 Å². The lowest BCUT2D eigenvalue weighted by Crippen LogP contribution is -2.51. The van der Waals surface area contributed by atoms with Crippen LogP contribution in [0.15, 0.2) is 16.9 Å². The maximum absolute atomic E-state index is 9.43. The Hall–Kier alpha value is -0.0382. The highest BCUT2D eigenvalue weighted by atomic mass is 79.9. The van der Waals surface area contributed by atoms with E-state index in [2.05, 4.69) is 61.7 Å². The van der Waals surface area contributed by atoms with Crippen molar-refractivity contribution in [3.63, 3.8) is 0 Å². The van der Waals surface area contributed by atoms with E-state index >= 15 is 0 Å². The third-order valence-electron chi connectivity index (χ3n) is 4.31. The van der Waals surface area contributed by atoms with Crippen LogP contribution >= 0.6 is 15.9 Å². The lowest BCUT2D eigenvalue weighted by molar-refractivity contribution is 0.425. The fourth-order valence-corrected chi connectivity index (χ4v) is 11.0. The topological polar surface area (TPSA) is 45.4 Å². The first-order valence-corrected chi connectivity index (χ1v) is 9.86. The molecule has 0 unspecified atom stereocenters. The maximum Gasteiger partial charge on any atom is 0.491 e. The van der Waals surface area contributed by atoms with Gasteiger partial charge in [-0.1, -0.05) is 41.5 Å². The first-order valence-electron chi connectivity index (χ1n) is 6.89. The minimum atomic E-state index is -1.80. The first kappa shape index (κ1) is 17.0. The number of rotatable bonds is 5. The zero-order valence-corrected chi connectivity index (χ0v) is 15.3. The number of aromatic nitrogens is 1. The second kappa shape index (κ2) is 6.16. The molecule has 0 saturated carbocycles. The summed E-state index contributed by atoms with van der Waals surface area (Å²) in [7, 11) is -3.22. The van der Waals surface area contributed by atoms with Crippen LogP contribution in [0.5, 0.6) is 0 Å². The Kier molecular flexibility index (Phi) is 5.52. The molecular formula is C13H25BBrNO2Si. The molecule has 1 aromatic rings. The molecule has 2 N–H and O–H groups in total. The van der Waals surface area contributed by atoms with E-state index in [0.29, 0.717) is 22.1 Å². The monoisotopic (exact) mass is 345 g/mol. The van der Waals surface area contributed by atoms with Crippen LogP contribution in [-0.4, -0.2) is 29.6 Å². The molecule has 0 spiro atoms. The van der Waals surface area contributed by atoms with Crippen LogP contribution in [-0.2, 0) is 0 Å². The lowest BCUT2D eigenvalue weighted by Gasteiger charge is -2.44. The van der Waals surface area contributed by atoms with E-state index in [1.807, 2.05) is 12.4 Å². The molecule has 0 aliphatic rings. The summed E-state index contributed by atoms with van der Waals surface area (Å²) < 4.78 is 3.08. The fraction of sp³-hybridized carbons (Fsp3) is 0.692. The van der Waals surface area contributed by atoms with Crippen molar-refractivity contribution in [3.05, 3.63) is 16.9 Å². The van der Waals surface area contributed by atoms with Crippen molar-refractivity contribution in [3.8, 4) is 0 Å². The fourth-order valence-electron chi connectivity index (χ4n) is 3.75. The molecule has 3 nitrogen and oxygen atoms in total. The van der Waals surface area contributed by atoms with Gasteiger partial charge in [-0.15, -0.1) is 0 Å². The molecule has 108 valence electrons. The van der Waals surface area contributed by atoms with Gasteiger partial charge in [0.05, 0.1) is 0 Å². The van der Waals surface area contributed by atoms with Gasteiger partial charge in [-0.25, -0.2) is 0 Å². The number of halogens is 1. The molecular weight excluding hydrogens is 321 g/mol. The molecule has 0 atom stereocenters. The van der Waals surface area contributed by atoms with Gasteiger partial charge in [0.25, 0.3) is 0 Å². The summed E-state index contributed by atoms with van der Waals surface area (Å²) in [6.07, 6.45) is 3.95. The van der Waals surface area contributed by atoms with Crippen molar-refractivity contribution in [1.82, 2.24) is 4.23 Å². The summed E-state index contributed by atoms with van der Waals surface area (Å²) in [5.74, 6) is 0. The number of hydrogen-bond acceptors (Lipinski definition) is 2. The van der Waals surface area contributed by atoms with E-state index in [-0.39, 0.29) is 0 Å². The van der Waals surface area contributed by atoms with Crippen LogP contribution in [0, 0.1) is 0 Å². The standard InChI is InChI=1S/C13H25BBrNO2Si/c1-9(2)19(10(3)4,11(5)6)16-7-12(14(17)18)13(15)8-16/h7-11,17-18H,1-6H3. The molecule has 0 fully saturated rings.